The molecule has 0 saturated carbocycles. The molecule has 0 aliphatic rings. The topological polar surface area (TPSA) is 72.0 Å². The Morgan fingerprint density at radius 2 is 1.63 bits per heavy atom. The molecule has 2 N–H and O–H groups in total. The van der Waals surface area contributed by atoms with Gasteiger partial charge in [0.1, 0.15) is 11.6 Å². The Hall–Kier alpha value is -3.19. The summed E-state index contributed by atoms with van der Waals surface area (Å²) in [5.41, 5.74) is 2.40. The van der Waals surface area contributed by atoms with Crippen LogP contribution in [0.15, 0.2) is 71.3 Å². The van der Waals surface area contributed by atoms with Crippen LogP contribution in [0.3, 0.4) is 0 Å². The molecule has 2 aromatic carbocycles. The second-order valence-corrected chi connectivity index (χ2v) is 6.68. The minimum absolute atomic E-state index is 0.459. The summed E-state index contributed by atoms with van der Waals surface area (Å²) >= 11 is 3.46. The van der Waals surface area contributed by atoms with Crippen LogP contribution in [0.2, 0.25) is 0 Å². The normalized spacial score (nSPS) is 10.6. The number of ether oxygens (including phenoxy) is 1. The third-order valence-corrected chi connectivity index (χ3v) is 4.33. The van der Waals surface area contributed by atoms with E-state index in [1.54, 1.807) is 13.3 Å². The highest BCUT2D eigenvalue weighted by Gasteiger charge is 2.10. The fourth-order valence-corrected chi connectivity index (χ4v) is 2.93. The van der Waals surface area contributed by atoms with Gasteiger partial charge in [0.2, 0.25) is 5.95 Å². The van der Waals surface area contributed by atoms with Gasteiger partial charge in [-0.3, -0.25) is 0 Å². The lowest BCUT2D eigenvalue weighted by molar-refractivity contribution is 0.415. The molecule has 0 aliphatic carbocycles. The van der Waals surface area contributed by atoms with E-state index < -0.39 is 0 Å². The number of hydrogen-bond acceptors (Lipinski definition) is 6. The van der Waals surface area contributed by atoms with E-state index in [1.165, 1.54) is 0 Å². The number of hydrogen-bond donors (Lipinski definition) is 2. The SMILES string of the molecule is COc1ccc(Nc2nc(Nc3ccccc3)c3cc(Br)cnc3n2)cc1. The first kappa shape index (κ1) is 17.2. The van der Waals surface area contributed by atoms with E-state index in [4.69, 9.17) is 4.74 Å². The molecule has 0 saturated heterocycles. The maximum atomic E-state index is 5.19. The molecule has 0 fully saturated rings. The van der Waals surface area contributed by atoms with Gasteiger partial charge in [0.25, 0.3) is 0 Å². The van der Waals surface area contributed by atoms with Gasteiger partial charge in [-0.15, -0.1) is 0 Å². The summed E-state index contributed by atoms with van der Waals surface area (Å²) in [5.74, 6) is 1.93. The summed E-state index contributed by atoms with van der Waals surface area (Å²) in [6.07, 6.45) is 1.72. The Labute approximate surface area is 164 Å². The van der Waals surface area contributed by atoms with Crippen LogP contribution in [-0.2, 0) is 0 Å². The van der Waals surface area contributed by atoms with Crippen molar-refractivity contribution in [2.75, 3.05) is 17.7 Å². The van der Waals surface area contributed by atoms with Crippen molar-refractivity contribution in [3.8, 4) is 5.75 Å². The van der Waals surface area contributed by atoms with Crippen molar-refractivity contribution in [3.05, 3.63) is 71.3 Å². The van der Waals surface area contributed by atoms with Crippen LogP contribution in [0.4, 0.5) is 23.1 Å². The molecular formula is C20H16BrN5O. The van der Waals surface area contributed by atoms with Crippen molar-refractivity contribution >= 4 is 50.1 Å². The lowest BCUT2D eigenvalue weighted by Gasteiger charge is -2.12. The number of halogens is 1. The number of nitrogens with zero attached hydrogens (tertiary/aromatic N) is 3. The molecule has 134 valence electrons. The van der Waals surface area contributed by atoms with Gasteiger partial charge in [-0.25, -0.2) is 4.98 Å². The average molecular weight is 422 g/mol. The molecule has 0 atom stereocenters. The van der Waals surface area contributed by atoms with Gasteiger partial charge in [0.15, 0.2) is 5.65 Å². The molecule has 4 rings (SSSR count). The van der Waals surface area contributed by atoms with Crippen molar-refractivity contribution in [2.45, 2.75) is 0 Å². The summed E-state index contributed by atoms with van der Waals surface area (Å²) in [5, 5.41) is 7.39. The number of rotatable bonds is 5. The van der Waals surface area contributed by atoms with Gasteiger partial charge < -0.3 is 15.4 Å². The molecular weight excluding hydrogens is 406 g/mol. The van der Waals surface area contributed by atoms with Gasteiger partial charge in [0.05, 0.1) is 12.5 Å². The Morgan fingerprint density at radius 1 is 0.889 bits per heavy atom. The number of benzene rings is 2. The minimum Gasteiger partial charge on any atom is -0.497 e. The first-order chi connectivity index (χ1) is 13.2. The van der Waals surface area contributed by atoms with Gasteiger partial charge in [-0.2, -0.15) is 9.97 Å². The van der Waals surface area contributed by atoms with E-state index in [1.807, 2.05) is 60.7 Å². The smallest absolute Gasteiger partial charge is 0.231 e. The standard InChI is InChI=1S/C20H16BrN5O/c1-27-16-9-7-15(8-10-16)24-20-25-18-17(11-13(21)12-22-18)19(26-20)23-14-5-3-2-4-6-14/h2-12H,1H3,(H2,22,23,24,25,26). The Bertz CT molecular complexity index is 1070. The average Bonchev–Trinajstić information content (AvgIpc) is 2.70. The predicted molar refractivity (Wildman–Crippen MR) is 111 cm³/mol. The van der Waals surface area contributed by atoms with Crippen molar-refractivity contribution < 1.29 is 4.74 Å². The highest BCUT2D eigenvalue weighted by atomic mass is 79.9. The van der Waals surface area contributed by atoms with Gasteiger partial charge in [-0.05, 0) is 58.4 Å². The van der Waals surface area contributed by atoms with Crippen LogP contribution in [0.1, 0.15) is 0 Å². The zero-order valence-corrected chi connectivity index (χ0v) is 16.1. The van der Waals surface area contributed by atoms with Gasteiger partial charge >= 0.3 is 0 Å². The Balaban J connectivity index is 1.73. The van der Waals surface area contributed by atoms with Crippen LogP contribution >= 0.6 is 15.9 Å². The largest absolute Gasteiger partial charge is 0.497 e. The number of aromatic nitrogens is 3. The summed E-state index contributed by atoms with van der Waals surface area (Å²) in [7, 11) is 1.64. The van der Waals surface area contributed by atoms with E-state index in [0.29, 0.717) is 17.4 Å². The van der Waals surface area contributed by atoms with Crippen molar-refractivity contribution in [1.82, 2.24) is 15.0 Å². The van der Waals surface area contributed by atoms with Crippen LogP contribution in [0.25, 0.3) is 11.0 Å². The number of nitrogens with one attached hydrogen (secondary N) is 2. The number of para-hydroxylation sites is 1. The monoisotopic (exact) mass is 421 g/mol. The first-order valence-electron chi connectivity index (χ1n) is 8.28. The minimum atomic E-state index is 0.459. The summed E-state index contributed by atoms with van der Waals surface area (Å²) in [6, 6.07) is 19.4. The number of methoxy groups -OCH3 is 1. The number of fused-ring (bicyclic) bond motifs is 1. The molecule has 0 spiro atoms. The first-order valence-corrected chi connectivity index (χ1v) is 9.07. The molecule has 0 amide bonds. The third-order valence-electron chi connectivity index (χ3n) is 3.90. The van der Waals surface area contributed by atoms with Crippen molar-refractivity contribution in [1.29, 1.82) is 0 Å². The summed E-state index contributed by atoms with van der Waals surface area (Å²) in [6.45, 7) is 0. The van der Waals surface area contributed by atoms with Crippen molar-refractivity contribution in [3.63, 3.8) is 0 Å². The molecule has 4 aromatic rings. The Morgan fingerprint density at radius 3 is 2.37 bits per heavy atom. The predicted octanol–water partition coefficient (Wildman–Crippen LogP) is 5.28. The van der Waals surface area contributed by atoms with Crippen molar-refractivity contribution in [2.24, 2.45) is 0 Å². The molecule has 0 radical (unpaired) electrons. The summed E-state index contributed by atoms with van der Waals surface area (Å²) in [4.78, 5) is 13.6. The lowest BCUT2D eigenvalue weighted by atomic mass is 10.3. The maximum Gasteiger partial charge on any atom is 0.231 e. The maximum absolute atomic E-state index is 5.19. The fourth-order valence-electron chi connectivity index (χ4n) is 2.60. The van der Waals surface area contributed by atoms with E-state index >= 15 is 0 Å². The fraction of sp³-hybridized carbons (Fsp3) is 0.0500. The van der Waals surface area contributed by atoms with E-state index in [2.05, 4.69) is 41.5 Å². The number of anilines is 4. The molecule has 2 heterocycles. The van der Waals surface area contributed by atoms with Crippen LogP contribution in [-0.4, -0.2) is 22.1 Å². The molecule has 0 bridgehead atoms. The molecule has 0 aliphatic heterocycles. The lowest BCUT2D eigenvalue weighted by Crippen LogP contribution is -2.03. The zero-order valence-electron chi connectivity index (χ0n) is 14.5. The third kappa shape index (κ3) is 3.98. The van der Waals surface area contributed by atoms with E-state index in [0.717, 1.165) is 27.0 Å². The zero-order chi connectivity index (χ0) is 18.6. The summed E-state index contributed by atoms with van der Waals surface area (Å²) < 4.78 is 6.06. The quantitative estimate of drug-likeness (QED) is 0.456. The highest BCUT2D eigenvalue weighted by molar-refractivity contribution is 9.10. The molecule has 2 aromatic heterocycles. The molecule has 0 unspecified atom stereocenters. The highest BCUT2D eigenvalue weighted by Crippen LogP contribution is 2.27. The van der Waals surface area contributed by atoms with Crippen LogP contribution in [0, 0.1) is 0 Å². The Kier molecular flexibility index (Phi) is 4.84. The van der Waals surface area contributed by atoms with E-state index in [9.17, 15) is 0 Å². The molecule has 6 nitrogen and oxygen atoms in total. The molecule has 27 heavy (non-hydrogen) atoms. The van der Waals surface area contributed by atoms with Gasteiger partial charge in [-0.1, -0.05) is 18.2 Å². The van der Waals surface area contributed by atoms with Crippen LogP contribution < -0.4 is 15.4 Å². The second kappa shape index (κ2) is 7.59. The van der Waals surface area contributed by atoms with Gasteiger partial charge in [0, 0.05) is 22.0 Å². The van der Waals surface area contributed by atoms with Crippen LogP contribution in [0.5, 0.6) is 5.75 Å². The van der Waals surface area contributed by atoms with E-state index in [-0.39, 0.29) is 0 Å². The second-order valence-electron chi connectivity index (χ2n) is 5.77. The molecule has 7 heteroatoms. The number of pyridine rings is 1.